The maximum atomic E-state index is 5.34. The second-order valence-corrected chi connectivity index (χ2v) is 6.46. The number of rotatable bonds is 6. The van der Waals surface area contributed by atoms with Crippen molar-refractivity contribution >= 4 is 5.96 Å². The van der Waals surface area contributed by atoms with Crippen molar-refractivity contribution in [2.75, 3.05) is 26.8 Å². The van der Waals surface area contributed by atoms with E-state index in [0.717, 1.165) is 50.7 Å². The molecule has 0 aromatic carbocycles. The molecule has 2 heterocycles. The van der Waals surface area contributed by atoms with Crippen LogP contribution in [-0.4, -0.2) is 48.6 Å². The SMILES string of the molecule is CN=C(NCCC1=CCOCC1)NC(C)Cc1c(C)nn(C)c1C. The zero-order valence-electron chi connectivity index (χ0n) is 15.6. The quantitative estimate of drug-likeness (QED) is 0.474. The lowest BCUT2D eigenvalue weighted by Crippen LogP contribution is -2.43. The lowest BCUT2D eigenvalue weighted by molar-refractivity contribution is 0.153. The van der Waals surface area contributed by atoms with Gasteiger partial charge in [0.15, 0.2) is 5.96 Å². The number of aromatic nitrogens is 2. The number of nitrogens with one attached hydrogen (secondary N) is 2. The number of hydrogen-bond donors (Lipinski definition) is 2. The van der Waals surface area contributed by atoms with Crippen molar-refractivity contribution in [3.63, 3.8) is 0 Å². The molecule has 1 unspecified atom stereocenters. The normalized spacial score (nSPS) is 16.7. The molecular weight excluding hydrogens is 302 g/mol. The number of aliphatic imine (C=N–C) groups is 1. The molecule has 1 atom stereocenters. The third-order valence-corrected chi connectivity index (χ3v) is 4.57. The predicted molar refractivity (Wildman–Crippen MR) is 98.5 cm³/mol. The second kappa shape index (κ2) is 8.87. The zero-order chi connectivity index (χ0) is 17.5. The van der Waals surface area contributed by atoms with Crippen LogP contribution in [0.3, 0.4) is 0 Å². The summed E-state index contributed by atoms with van der Waals surface area (Å²) in [6, 6.07) is 0.292. The number of aryl methyl sites for hydroxylation is 2. The van der Waals surface area contributed by atoms with Gasteiger partial charge in [-0.05, 0) is 45.6 Å². The van der Waals surface area contributed by atoms with Gasteiger partial charge in [0.25, 0.3) is 0 Å². The summed E-state index contributed by atoms with van der Waals surface area (Å²) in [4.78, 5) is 4.33. The maximum Gasteiger partial charge on any atom is 0.191 e. The number of hydrogen-bond acceptors (Lipinski definition) is 3. The zero-order valence-corrected chi connectivity index (χ0v) is 15.6. The largest absolute Gasteiger partial charge is 0.377 e. The molecule has 0 saturated heterocycles. The first kappa shape index (κ1) is 18.5. The molecule has 0 aliphatic carbocycles. The molecule has 0 spiro atoms. The molecule has 0 amide bonds. The third-order valence-electron chi connectivity index (χ3n) is 4.57. The lowest BCUT2D eigenvalue weighted by atomic mass is 10.1. The second-order valence-electron chi connectivity index (χ2n) is 6.46. The van der Waals surface area contributed by atoms with Crippen LogP contribution in [0, 0.1) is 13.8 Å². The first-order chi connectivity index (χ1) is 11.5. The van der Waals surface area contributed by atoms with Gasteiger partial charge in [-0.2, -0.15) is 5.10 Å². The van der Waals surface area contributed by atoms with E-state index < -0.39 is 0 Å². The van der Waals surface area contributed by atoms with E-state index in [1.54, 1.807) is 0 Å². The average Bonchev–Trinajstić information content (AvgIpc) is 2.81. The molecule has 134 valence electrons. The molecular formula is C18H31N5O. The van der Waals surface area contributed by atoms with Gasteiger partial charge in [-0.1, -0.05) is 11.6 Å². The van der Waals surface area contributed by atoms with Crippen LogP contribution < -0.4 is 10.6 Å². The summed E-state index contributed by atoms with van der Waals surface area (Å²) >= 11 is 0. The minimum Gasteiger partial charge on any atom is -0.377 e. The molecule has 1 aliphatic rings. The predicted octanol–water partition coefficient (Wildman–Crippen LogP) is 1.87. The van der Waals surface area contributed by atoms with Gasteiger partial charge in [0.2, 0.25) is 0 Å². The van der Waals surface area contributed by atoms with Gasteiger partial charge in [0, 0.05) is 32.4 Å². The Morgan fingerprint density at radius 2 is 2.25 bits per heavy atom. The molecule has 1 aromatic heterocycles. The molecule has 0 fully saturated rings. The van der Waals surface area contributed by atoms with E-state index in [4.69, 9.17) is 4.74 Å². The van der Waals surface area contributed by atoms with Gasteiger partial charge < -0.3 is 15.4 Å². The topological polar surface area (TPSA) is 63.5 Å². The molecule has 6 heteroatoms. The van der Waals surface area contributed by atoms with Crippen LogP contribution in [0.4, 0.5) is 0 Å². The van der Waals surface area contributed by atoms with Gasteiger partial charge in [-0.3, -0.25) is 9.67 Å². The van der Waals surface area contributed by atoms with Gasteiger partial charge in [-0.25, -0.2) is 0 Å². The highest BCUT2D eigenvalue weighted by Gasteiger charge is 2.14. The summed E-state index contributed by atoms with van der Waals surface area (Å²) in [6.45, 7) is 8.87. The molecule has 0 saturated carbocycles. The van der Waals surface area contributed by atoms with E-state index in [1.807, 2.05) is 18.8 Å². The van der Waals surface area contributed by atoms with Crippen molar-refractivity contribution in [2.24, 2.45) is 12.0 Å². The minimum absolute atomic E-state index is 0.292. The van der Waals surface area contributed by atoms with Crippen molar-refractivity contribution in [1.82, 2.24) is 20.4 Å². The molecule has 6 nitrogen and oxygen atoms in total. The fourth-order valence-corrected chi connectivity index (χ4v) is 3.03. The van der Waals surface area contributed by atoms with Gasteiger partial charge in [0.1, 0.15) is 0 Å². The number of ether oxygens (including phenoxy) is 1. The summed E-state index contributed by atoms with van der Waals surface area (Å²) in [6.07, 6.45) is 5.22. The van der Waals surface area contributed by atoms with E-state index in [1.165, 1.54) is 16.8 Å². The van der Waals surface area contributed by atoms with Crippen molar-refractivity contribution < 1.29 is 4.74 Å². The Labute approximate surface area is 145 Å². The Balaban J connectivity index is 1.80. The highest BCUT2D eigenvalue weighted by molar-refractivity contribution is 5.79. The summed E-state index contributed by atoms with van der Waals surface area (Å²) in [7, 11) is 3.81. The average molecular weight is 333 g/mol. The maximum absolute atomic E-state index is 5.34. The number of nitrogens with zero attached hydrogens (tertiary/aromatic N) is 3. The van der Waals surface area contributed by atoms with Crippen LogP contribution in [0.25, 0.3) is 0 Å². The molecule has 0 radical (unpaired) electrons. The van der Waals surface area contributed by atoms with E-state index in [9.17, 15) is 0 Å². The van der Waals surface area contributed by atoms with Crippen molar-refractivity contribution in [3.05, 3.63) is 28.6 Å². The monoisotopic (exact) mass is 333 g/mol. The highest BCUT2D eigenvalue weighted by atomic mass is 16.5. The fourth-order valence-electron chi connectivity index (χ4n) is 3.03. The summed E-state index contributed by atoms with van der Waals surface area (Å²) in [5.41, 5.74) is 5.13. The Kier molecular flexibility index (Phi) is 6.85. The van der Waals surface area contributed by atoms with Gasteiger partial charge >= 0.3 is 0 Å². The molecule has 24 heavy (non-hydrogen) atoms. The first-order valence-electron chi connectivity index (χ1n) is 8.73. The van der Waals surface area contributed by atoms with Gasteiger partial charge in [-0.15, -0.1) is 0 Å². The van der Waals surface area contributed by atoms with E-state index in [0.29, 0.717) is 6.04 Å². The molecule has 1 aromatic rings. The third kappa shape index (κ3) is 5.09. The number of guanidine groups is 1. The summed E-state index contributed by atoms with van der Waals surface area (Å²) in [5, 5.41) is 11.4. The van der Waals surface area contributed by atoms with Crippen LogP contribution in [0.2, 0.25) is 0 Å². The van der Waals surface area contributed by atoms with Crippen molar-refractivity contribution in [1.29, 1.82) is 0 Å². The highest BCUT2D eigenvalue weighted by Crippen LogP contribution is 2.14. The molecule has 0 bridgehead atoms. The molecule has 2 N–H and O–H groups in total. The smallest absolute Gasteiger partial charge is 0.191 e. The van der Waals surface area contributed by atoms with Crippen LogP contribution in [0.1, 0.15) is 36.7 Å². The van der Waals surface area contributed by atoms with Crippen LogP contribution in [-0.2, 0) is 18.2 Å². The lowest BCUT2D eigenvalue weighted by Gasteiger charge is -2.19. The van der Waals surface area contributed by atoms with Crippen molar-refractivity contribution in [3.8, 4) is 0 Å². The van der Waals surface area contributed by atoms with Crippen LogP contribution >= 0.6 is 0 Å². The Bertz CT molecular complexity index is 603. The summed E-state index contributed by atoms with van der Waals surface area (Å²) < 4.78 is 7.29. The Hall–Kier alpha value is -1.82. The standard InChI is InChI=1S/C18H31N5O/c1-13(12-17-14(2)22-23(5)15(17)3)21-18(19-4)20-9-6-16-7-10-24-11-8-16/h7,13H,6,8-12H2,1-5H3,(H2,19,20,21). The van der Waals surface area contributed by atoms with Gasteiger partial charge in [0.05, 0.1) is 18.9 Å². The van der Waals surface area contributed by atoms with E-state index >= 15 is 0 Å². The van der Waals surface area contributed by atoms with E-state index in [2.05, 4.69) is 47.6 Å². The van der Waals surface area contributed by atoms with Crippen LogP contribution in [0.5, 0.6) is 0 Å². The molecule has 1 aliphatic heterocycles. The Morgan fingerprint density at radius 1 is 1.46 bits per heavy atom. The summed E-state index contributed by atoms with van der Waals surface area (Å²) in [5.74, 6) is 0.856. The van der Waals surface area contributed by atoms with E-state index in [-0.39, 0.29) is 0 Å². The fraction of sp³-hybridized carbons (Fsp3) is 0.667. The molecule has 2 rings (SSSR count). The minimum atomic E-state index is 0.292. The van der Waals surface area contributed by atoms with Crippen molar-refractivity contribution in [2.45, 2.75) is 46.1 Å². The first-order valence-corrected chi connectivity index (χ1v) is 8.73. The Morgan fingerprint density at radius 3 is 2.83 bits per heavy atom. The van der Waals surface area contributed by atoms with Crippen LogP contribution in [0.15, 0.2) is 16.6 Å².